The Labute approximate surface area is 198 Å². The number of amides is 2. The molecule has 34 heavy (non-hydrogen) atoms. The van der Waals surface area contributed by atoms with E-state index in [0.717, 1.165) is 41.5 Å². The van der Waals surface area contributed by atoms with Gasteiger partial charge >= 0.3 is 12.1 Å². The van der Waals surface area contributed by atoms with Gasteiger partial charge in [-0.1, -0.05) is 67.8 Å². The van der Waals surface area contributed by atoms with Crippen molar-refractivity contribution >= 4 is 18.0 Å². The molecule has 4 rings (SSSR count). The molecule has 1 saturated carbocycles. The van der Waals surface area contributed by atoms with E-state index in [0.29, 0.717) is 12.8 Å². The second-order valence-electron chi connectivity index (χ2n) is 8.90. The van der Waals surface area contributed by atoms with Crippen molar-refractivity contribution < 1.29 is 29.3 Å². The van der Waals surface area contributed by atoms with E-state index in [1.807, 2.05) is 36.4 Å². The van der Waals surface area contributed by atoms with Gasteiger partial charge in [-0.25, -0.2) is 9.59 Å². The van der Waals surface area contributed by atoms with E-state index in [1.165, 1.54) is 0 Å². The zero-order valence-electron chi connectivity index (χ0n) is 18.9. The van der Waals surface area contributed by atoms with Gasteiger partial charge in [0.2, 0.25) is 5.91 Å². The van der Waals surface area contributed by atoms with Gasteiger partial charge in [0.25, 0.3) is 0 Å². The molecule has 2 aliphatic rings. The molecule has 3 atom stereocenters. The number of benzene rings is 2. The maximum Gasteiger partial charge on any atom is 0.407 e. The van der Waals surface area contributed by atoms with Crippen molar-refractivity contribution in [1.29, 1.82) is 0 Å². The highest BCUT2D eigenvalue weighted by Crippen LogP contribution is 2.44. The maximum atomic E-state index is 12.8. The van der Waals surface area contributed by atoms with Crippen LogP contribution in [0.25, 0.3) is 11.1 Å². The molecule has 0 radical (unpaired) electrons. The SMILES string of the molecule is O=C(NC1CCCCCC1C(=O)N[C@@H](CO)C(=O)O)OCC1c2ccccc2-c2ccccc21. The molecule has 2 unspecified atom stereocenters. The average Bonchev–Trinajstić information content (AvgIpc) is 2.97. The van der Waals surface area contributed by atoms with Gasteiger partial charge in [-0.3, -0.25) is 4.79 Å². The zero-order chi connectivity index (χ0) is 24.1. The maximum absolute atomic E-state index is 12.8. The molecule has 0 bridgehead atoms. The van der Waals surface area contributed by atoms with Crippen LogP contribution in [0.4, 0.5) is 4.79 Å². The summed E-state index contributed by atoms with van der Waals surface area (Å²) in [6.07, 6.45) is 3.10. The van der Waals surface area contributed by atoms with E-state index in [4.69, 9.17) is 9.84 Å². The number of ether oxygens (including phenoxy) is 1. The minimum Gasteiger partial charge on any atom is -0.480 e. The van der Waals surface area contributed by atoms with E-state index in [2.05, 4.69) is 22.8 Å². The van der Waals surface area contributed by atoms with Crippen LogP contribution < -0.4 is 10.6 Å². The Morgan fingerprint density at radius 1 is 0.941 bits per heavy atom. The molecule has 2 aliphatic carbocycles. The molecule has 0 aliphatic heterocycles. The summed E-state index contributed by atoms with van der Waals surface area (Å²) in [6.45, 7) is -0.521. The number of rotatable bonds is 7. The smallest absolute Gasteiger partial charge is 0.407 e. The third kappa shape index (κ3) is 5.07. The average molecular weight is 467 g/mol. The molecule has 4 N–H and O–H groups in total. The minimum atomic E-state index is -1.37. The predicted octanol–water partition coefficient (Wildman–Crippen LogP) is 3.04. The molecule has 2 aromatic rings. The van der Waals surface area contributed by atoms with Crippen LogP contribution in [0, 0.1) is 5.92 Å². The summed E-state index contributed by atoms with van der Waals surface area (Å²) in [5.74, 6) is -2.43. The fourth-order valence-electron chi connectivity index (χ4n) is 5.05. The largest absolute Gasteiger partial charge is 0.480 e. The van der Waals surface area contributed by atoms with Crippen molar-refractivity contribution in [2.24, 2.45) is 5.92 Å². The van der Waals surface area contributed by atoms with Crippen molar-refractivity contribution in [3.8, 4) is 11.1 Å². The van der Waals surface area contributed by atoms with Crippen LogP contribution in [0.5, 0.6) is 0 Å². The third-order valence-electron chi connectivity index (χ3n) is 6.80. The first kappa shape index (κ1) is 23.8. The number of aliphatic hydroxyl groups excluding tert-OH is 1. The molecule has 0 saturated heterocycles. The number of aliphatic carboxylic acids is 1. The molecule has 8 nitrogen and oxygen atoms in total. The quantitative estimate of drug-likeness (QED) is 0.465. The Bertz CT molecular complexity index is 1010. The number of aliphatic hydroxyl groups is 1. The molecule has 0 heterocycles. The van der Waals surface area contributed by atoms with Gasteiger partial charge in [0.05, 0.1) is 12.5 Å². The van der Waals surface area contributed by atoms with Gasteiger partial charge in [0, 0.05) is 12.0 Å². The number of fused-ring (bicyclic) bond motifs is 3. The Balaban J connectivity index is 1.41. The van der Waals surface area contributed by atoms with E-state index in [-0.39, 0.29) is 12.5 Å². The van der Waals surface area contributed by atoms with Crippen LogP contribution in [0.3, 0.4) is 0 Å². The Morgan fingerprint density at radius 2 is 1.56 bits per heavy atom. The molecule has 0 aromatic heterocycles. The highest BCUT2D eigenvalue weighted by Gasteiger charge is 2.34. The number of carboxylic acids is 1. The Hall–Kier alpha value is -3.39. The number of nitrogens with one attached hydrogen (secondary N) is 2. The number of carbonyl (C=O) groups is 3. The summed E-state index contributed by atoms with van der Waals surface area (Å²) in [4.78, 5) is 36.7. The van der Waals surface area contributed by atoms with Gasteiger partial charge in [-0.15, -0.1) is 0 Å². The number of carboxylic acid groups (broad SMARTS) is 1. The lowest BCUT2D eigenvalue weighted by Gasteiger charge is -2.26. The van der Waals surface area contributed by atoms with Gasteiger partial charge in [-0.2, -0.15) is 0 Å². The predicted molar refractivity (Wildman–Crippen MR) is 125 cm³/mol. The first-order chi connectivity index (χ1) is 16.5. The topological polar surface area (TPSA) is 125 Å². The van der Waals surface area contributed by atoms with Crippen molar-refractivity contribution in [3.05, 3.63) is 59.7 Å². The van der Waals surface area contributed by atoms with E-state index >= 15 is 0 Å². The second-order valence-corrected chi connectivity index (χ2v) is 8.90. The Kier molecular flexibility index (Phi) is 7.47. The number of hydrogen-bond acceptors (Lipinski definition) is 5. The molecule has 0 spiro atoms. The summed E-state index contributed by atoms with van der Waals surface area (Å²) in [5.41, 5.74) is 4.52. The highest BCUT2D eigenvalue weighted by molar-refractivity contribution is 5.86. The lowest BCUT2D eigenvalue weighted by atomic mass is 9.93. The lowest BCUT2D eigenvalue weighted by molar-refractivity contribution is -0.143. The van der Waals surface area contributed by atoms with Gasteiger partial charge < -0.3 is 25.6 Å². The van der Waals surface area contributed by atoms with Gasteiger partial charge in [0.1, 0.15) is 12.6 Å². The minimum absolute atomic E-state index is 0.0627. The molecular weight excluding hydrogens is 436 g/mol. The molecule has 1 fully saturated rings. The monoisotopic (exact) mass is 466 g/mol. The highest BCUT2D eigenvalue weighted by atomic mass is 16.5. The second kappa shape index (κ2) is 10.7. The van der Waals surface area contributed by atoms with Crippen molar-refractivity contribution in [2.45, 2.75) is 50.1 Å². The summed E-state index contributed by atoms with van der Waals surface area (Å²) >= 11 is 0. The molecule has 2 amide bonds. The molecule has 2 aromatic carbocycles. The van der Waals surface area contributed by atoms with Crippen molar-refractivity contribution in [1.82, 2.24) is 10.6 Å². The molecule has 180 valence electrons. The fourth-order valence-corrected chi connectivity index (χ4v) is 5.05. The number of hydrogen-bond donors (Lipinski definition) is 4. The fraction of sp³-hybridized carbons (Fsp3) is 0.423. The van der Waals surface area contributed by atoms with E-state index in [1.54, 1.807) is 0 Å². The summed E-state index contributed by atoms with van der Waals surface area (Å²) in [6, 6.07) is 14.3. The normalized spacial score (nSPS) is 20.4. The van der Waals surface area contributed by atoms with Crippen LogP contribution in [0.1, 0.15) is 49.1 Å². The van der Waals surface area contributed by atoms with Crippen LogP contribution in [0.15, 0.2) is 48.5 Å². The Morgan fingerprint density at radius 3 is 2.18 bits per heavy atom. The molecular formula is C26H30N2O6. The van der Waals surface area contributed by atoms with Crippen LogP contribution in [0.2, 0.25) is 0 Å². The van der Waals surface area contributed by atoms with Crippen LogP contribution in [-0.2, 0) is 14.3 Å². The van der Waals surface area contributed by atoms with Gasteiger partial charge in [0.15, 0.2) is 0 Å². The lowest BCUT2D eigenvalue weighted by Crippen LogP contribution is -2.51. The molecule has 8 heteroatoms. The number of carbonyl (C=O) groups excluding carboxylic acids is 2. The van der Waals surface area contributed by atoms with Crippen LogP contribution in [-0.4, -0.2) is 53.5 Å². The first-order valence-electron chi connectivity index (χ1n) is 11.7. The van der Waals surface area contributed by atoms with Crippen LogP contribution >= 0.6 is 0 Å². The van der Waals surface area contributed by atoms with E-state index < -0.39 is 42.6 Å². The first-order valence-corrected chi connectivity index (χ1v) is 11.7. The summed E-state index contributed by atoms with van der Waals surface area (Å²) in [5, 5.41) is 23.6. The standard InChI is InChI=1S/C26H30N2O6/c29-14-23(25(31)32)27-24(30)20-12-2-1-3-13-22(20)28-26(33)34-15-21-18-10-6-4-8-16(18)17-9-5-7-11-19(17)21/h4-11,20-23,29H,1-3,12-15H2,(H,27,30)(H,28,33)(H,31,32)/t20?,22?,23-/m0/s1. The van der Waals surface area contributed by atoms with Gasteiger partial charge in [-0.05, 0) is 35.1 Å². The summed E-state index contributed by atoms with van der Waals surface area (Å²) in [7, 11) is 0. The van der Waals surface area contributed by atoms with Crippen molar-refractivity contribution in [2.75, 3.05) is 13.2 Å². The van der Waals surface area contributed by atoms with E-state index in [9.17, 15) is 19.5 Å². The number of alkyl carbamates (subject to hydrolysis) is 1. The van der Waals surface area contributed by atoms with Crippen molar-refractivity contribution in [3.63, 3.8) is 0 Å². The summed E-state index contributed by atoms with van der Waals surface area (Å²) < 4.78 is 5.64. The third-order valence-corrected chi connectivity index (χ3v) is 6.80. The zero-order valence-corrected chi connectivity index (χ0v) is 18.9.